The van der Waals surface area contributed by atoms with Crippen LogP contribution < -0.4 is 5.69 Å². The van der Waals surface area contributed by atoms with Crippen LogP contribution in [0.3, 0.4) is 0 Å². The van der Waals surface area contributed by atoms with Crippen molar-refractivity contribution in [1.82, 2.24) is 14.5 Å². The summed E-state index contributed by atoms with van der Waals surface area (Å²) in [5.41, 5.74) is 4.54. The van der Waals surface area contributed by atoms with Crippen LogP contribution in [0.2, 0.25) is 0 Å². The lowest BCUT2D eigenvalue weighted by atomic mass is 10.2. The van der Waals surface area contributed by atoms with Gasteiger partial charge in [-0.1, -0.05) is 12.5 Å². The quantitative estimate of drug-likeness (QED) is 0.698. The first kappa shape index (κ1) is 12.4. The molecule has 4 rings (SSSR count). The Morgan fingerprint density at radius 3 is 3.00 bits per heavy atom. The fraction of sp³-hybridized carbons (Fsp3) is 0.375. The molecule has 0 saturated carbocycles. The third-order valence-corrected chi connectivity index (χ3v) is 4.14. The lowest BCUT2D eigenvalue weighted by molar-refractivity contribution is 0.549. The molecule has 0 aliphatic heterocycles. The van der Waals surface area contributed by atoms with Crippen LogP contribution in [0.1, 0.15) is 36.2 Å². The van der Waals surface area contributed by atoms with Gasteiger partial charge in [0.1, 0.15) is 5.52 Å². The number of fused-ring (bicyclic) bond motifs is 2. The summed E-state index contributed by atoms with van der Waals surface area (Å²) in [5, 5.41) is 0. The second kappa shape index (κ2) is 4.62. The van der Waals surface area contributed by atoms with Crippen molar-refractivity contribution >= 4 is 11.1 Å². The van der Waals surface area contributed by atoms with Gasteiger partial charge in [0, 0.05) is 5.69 Å². The molecule has 0 bridgehead atoms. The van der Waals surface area contributed by atoms with Gasteiger partial charge in [-0.15, -0.1) is 0 Å². The van der Waals surface area contributed by atoms with Crippen molar-refractivity contribution in [2.45, 2.75) is 39.0 Å². The van der Waals surface area contributed by atoms with Crippen molar-refractivity contribution in [3.05, 3.63) is 45.6 Å². The van der Waals surface area contributed by atoms with E-state index in [2.05, 4.69) is 9.97 Å². The molecule has 0 fully saturated rings. The Balaban J connectivity index is 1.92. The molecular formula is C16H17N3O2. The number of nitrogens with zero attached hydrogens (tertiary/aromatic N) is 2. The number of imidazole rings is 1. The highest BCUT2D eigenvalue weighted by atomic mass is 16.4. The van der Waals surface area contributed by atoms with Crippen molar-refractivity contribution in [2.24, 2.45) is 0 Å². The zero-order valence-corrected chi connectivity index (χ0v) is 12.0. The highest BCUT2D eigenvalue weighted by Crippen LogP contribution is 2.23. The molecule has 1 aromatic carbocycles. The molecule has 0 radical (unpaired) electrons. The van der Waals surface area contributed by atoms with E-state index >= 15 is 0 Å². The molecular weight excluding hydrogens is 266 g/mol. The van der Waals surface area contributed by atoms with Gasteiger partial charge in [0.05, 0.1) is 5.69 Å². The summed E-state index contributed by atoms with van der Waals surface area (Å²) in [4.78, 5) is 19.7. The second-order valence-corrected chi connectivity index (χ2v) is 5.72. The number of aromatic amines is 1. The molecule has 1 N–H and O–H groups in total. The van der Waals surface area contributed by atoms with Gasteiger partial charge in [0.25, 0.3) is 0 Å². The van der Waals surface area contributed by atoms with Gasteiger partial charge in [-0.25, -0.2) is 9.36 Å². The van der Waals surface area contributed by atoms with Gasteiger partial charge >= 0.3 is 11.7 Å². The summed E-state index contributed by atoms with van der Waals surface area (Å²) < 4.78 is 7.42. The molecule has 2 aromatic heterocycles. The molecule has 108 valence electrons. The van der Waals surface area contributed by atoms with Crippen LogP contribution in [-0.4, -0.2) is 14.5 Å². The minimum absolute atomic E-state index is 0.148. The van der Waals surface area contributed by atoms with Crippen LogP contribution in [0.4, 0.5) is 0 Å². The Hall–Kier alpha value is -2.30. The van der Waals surface area contributed by atoms with Crippen molar-refractivity contribution < 1.29 is 4.42 Å². The van der Waals surface area contributed by atoms with E-state index in [4.69, 9.17) is 4.42 Å². The predicted molar refractivity (Wildman–Crippen MR) is 80.0 cm³/mol. The lowest BCUT2D eigenvalue weighted by Gasteiger charge is -2.02. The molecule has 5 heteroatoms. The number of hydrogen-bond acceptors (Lipinski definition) is 3. The number of aryl methyl sites for hydroxylation is 2. The van der Waals surface area contributed by atoms with E-state index in [0.717, 1.165) is 53.7 Å². The summed E-state index contributed by atoms with van der Waals surface area (Å²) in [6.07, 6.45) is 5.25. The summed E-state index contributed by atoms with van der Waals surface area (Å²) in [5.74, 6) is 0. The largest absolute Gasteiger partial charge is 0.423 e. The molecule has 0 spiro atoms. The van der Waals surface area contributed by atoms with Gasteiger partial charge in [0.2, 0.25) is 0 Å². The molecule has 1 aliphatic rings. The maximum atomic E-state index is 12.3. The van der Waals surface area contributed by atoms with E-state index in [9.17, 15) is 4.79 Å². The molecule has 3 aromatic rings. The van der Waals surface area contributed by atoms with Gasteiger partial charge in [0.15, 0.2) is 5.58 Å². The molecule has 1 aliphatic carbocycles. The predicted octanol–water partition coefficient (Wildman–Crippen LogP) is 2.88. The number of nitrogens with one attached hydrogen (secondary N) is 1. The van der Waals surface area contributed by atoms with Gasteiger partial charge in [-0.05, 0) is 50.3 Å². The summed E-state index contributed by atoms with van der Waals surface area (Å²) in [6, 6.07) is 6.24. The first-order valence-corrected chi connectivity index (χ1v) is 7.43. The van der Waals surface area contributed by atoms with Crippen LogP contribution >= 0.6 is 0 Å². The number of rotatable bonds is 1. The van der Waals surface area contributed by atoms with E-state index in [-0.39, 0.29) is 5.69 Å². The number of aromatic nitrogens is 3. The molecule has 0 atom stereocenters. The number of oxazole rings is 1. The smallest absolute Gasteiger partial charge is 0.334 e. The van der Waals surface area contributed by atoms with E-state index in [1.165, 1.54) is 6.42 Å². The van der Waals surface area contributed by atoms with Crippen molar-refractivity contribution in [2.75, 3.05) is 0 Å². The van der Waals surface area contributed by atoms with E-state index in [0.29, 0.717) is 6.01 Å². The Morgan fingerprint density at radius 1 is 1.24 bits per heavy atom. The zero-order valence-electron chi connectivity index (χ0n) is 12.0. The van der Waals surface area contributed by atoms with Crippen LogP contribution in [0.5, 0.6) is 0 Å². The molecule has 2 heterocycles. The highest BCUT2D eigenvalue weighted by Gasteiger charge is 2.20. The monoisotopic (exact) mass is 283 g/mol. The molecule has 21 heavy (non-hydrogen) atoms. The average molecular weight is 283 g/mol. The summed E-state index contributed by atoms with van der Waals surface area (Å²) in [7, 11) is 0. The SMILES string of the molecule is Cc1ccc2nc(-n3c4c([nH]c3=O)CCCCC4)oc2c1. The van der Waals surface area contributed by atoms with Gasteiger partial charge < -0.3 is 9.40 Å². The molecule has 0 amide bonds. The van der Waals surface area contributed by atoms with Crippen LogP contribution in [0.15, 0.2) is 27.4 Å². The number of benzene rings is 1. The number of hydrogen-bond donors (Lipinski definition) is 1. The number of H-pyrrole nitrogens is 1. The normalized spacial score (nSPS) is 15.1. The zero-order chi connectivity index (χ0) is 14.4. The molecule has 5 nitrogen and oxygen atoms in total. The van der Waals surface area contributed by atoms with E-state index in [1.807, 2.05) is 25.1 Å². The molecule has 0 unspecified atom stereocenters. The van der Waals surface area contributed by atoms with Gasteiger partial charge in [-0.3, -0.25) is 0 Å². The maximum Gasteiger partial charge on any atom is 0.334 e. The highest BCUT2D eigenvalue weighted by molar-refractivity contribution is 5.74. The van der Waals surface area contributed by atoms with E-state index in [1.54, 1.807) is 4.57 Å². The van der Waals surface area contributed by atoms with E-state index < -0.39 is 0 Å². The Bertz CT molecular complexity index is 869. The van der Waals surface area contributed by atoms with Crippen LogP contribution in [-0.2, 0) is 12.8 Å². The van der Waals surface area contributed by atoms with Crippen molar-refractivity contribution in [3.63, 3.8) is 0 Å². The third-order valence-electron chi connectivity index (χ3n) is 4.14. The fourth-order valence-electron chi connectivity index (χ4n) is 3.07. The first-order valence-electron chi connectivity index (χ1n) is 7.43. The van der Waals surface area contributed by atoms with Crippen LogP contribution in [0.25, 0.3) is 17.1 Å². The fourth-order valence-corrected chi connectivity index (χ4v) is 3.07. The topological polar surface area (TPSA) is 63.8 Å². The van der Waals surface area contributed by atoms with Crippen molar-refractivity contribution in [1.29, 1.82) is 0 Å². The minimum atomic E-state index is -0.148. The maximum absolute atomic E-state index is 12.3. The third kappa shape index (κ3) is 2.00. The lowest BCUT2D eigenvalue weighted by Crippen LogP contribution is -2.17. The summed E-state index contributed by atoms with van der Waals surface area (Å²) in [6.45, 7) is 2.01. The average Bonchev–Trinajstić information content (AvgIpc) is 2.91. The minimum Gasteiger partial charge on any atom is -0.423 e. The Kier molecular flexibility index (Phi) is 2.74. The second-order valence-electron chi connectivity index (χ2n) is 5.72. The van der Waals surface area contributed by atoms with Crippen molar-refractivity contribution in [3.8, 4) is 6.01 Å². The standard InChI is InChI=1S/C16H17N3O2/c1-10-7-8-12-14(9-10)21-16(18-12)19-13-6-4-2-3-5-11(13)17-15(19)20/h7-9H,2-6H2,1H3,(H,17,20). The summed E-state index contributed by atoms with van der Waals surface area (Å²) >= 11 is 0. The van der Waals surface area contributed by atoms with Gasteiger partial charge in [-0.2, -0.15) is 4.98 Å². The molecule has 0 saturated heterocycles. The Morgan fingerprint density at radius 2 is 2.10 bits per heavy atom. The Labute approximate surface area is 121 Å². The first-order chi connectivity index (χ1) is 10.2. The van der Waals surface area contributed by atoms with Crippen LogP contribution in [0, 0.1) is 6.92 Å².